The second-order valence-corrected chi connectivity index (χ2v) is 2.42. The van der Waals surface area contributed by atoms with Crippen molar-refractivity contribution in [3.63, 3.8) is 0 Å². The van der Waals surface area contributed by atoms with Crippen LogP contribution in [0.15, 0.2) is 30.3 Å². The minimum atomic E-state index is -0.234. The lowest BCUT2D eigenvalue weighted by Gasteiger charge is -1.94. The Morgan fingerprint density at radius 3 is 2.58 bits per heavy atom. The topological polar surface area (TPSA) is 28.7 Å². The summed E-state index contributed by atoms with van der Waals surface area (Å²) in [6, 6.07) is 7.92. The maximum absolute atomic E-state index is 12.5. The van der Waals surface area contributed by atoms with Gasteiger partial charge >= 0.3 is 0 Å². The summed E-state index contributed by atoms with van der Waals surface area (Å²) >= 11 is 0. The van der Waals surface area contributed by atoms with E-state index in [0.29, 0.717) is 0 Å². The van der Waals surface area contributed by atoms with E-state index in [0.717, 1.165) is 11.3 Å². The third kappa shape index (κ3) is 1.21. The van der Waals surface area contributed by atoms with Crippen LogP contribution in [0.2, 0.25) is 0 Å². The summed E-state index contributed by atoms with van der Waals surface area (Å²) < 4.78 is 12.5. The van der Waals surface area contributed by atoms with Gasteiger partial charge < -0.3 is 0 Å². The molecule has 0 atom stereocenters. The molecule has 1 radical (unpaired) electrons. The third-order valence-corrected chi connectivity index (χ3v) is 1.61. The molecule has 3 heteroatoms. The summed E-state index contributed by atoms with van der Waals surface area (Å²) in [4.78, 5) is 0. The van der Waals surface area contributed by atoms with Gasteiger partial charge in [0.25, 0.3) is 0 Å². The highest BCUT2D eigenvalue weighted by atomic mass is 19.1. The minimum Gasteiger partial charge on any atom is -0.277 e. The number of rotatable bonds is 1. The first-order chi connectivity index (χ1) is 5.86. The van der Waals surface area contributed by atoms with Crippen LogP contribution in [0.25, 0.3) is 11.3 Å². The molecular formula is C9H6FN2. The standard InChI is InChI=1S/C9H6FN2/c10-8-3-1-7(2-4-8)9-5-6-11-12-9/h1-5H,(H,11,12). The van der Waals surface area contributed by atoms with Crippen molar-refractivity contribution < 1.29 is 4.39 Å². The molecule has 1 heterocycles. The molecule has 59 valence electrons. The van der Waals surface area contributed by atoms with Crippen LogP contribution in [0.3, 0.4) is 0 Å². The van der Waals surface area contributed by atoms with E-state index in [4.69, 9.17) is 0 Å². The molecule has 1 aromatic carbocycles. The van der Waals surface area contributed by atoms with Gasteiger partial charge in [-0.2, -0.15) is 5.10 Å². The van der Waals surface area contributed by atoms with E-state index >= 15 is 0 Å². The minimum absolute atomic E-state index is 0.234. The maximum atomic E-state index is 12.5. The summed E-state index contributed by atoms with van der Waals surface area (Å²) in [7, 11) is 0. The molecule has 0 amide bonds. The van der Waals surface area contributed by atoms with Crippen molar-refractivity contribution >= 4 is 0 Å². The molecule has 2 aromatic rings. The van der Waals surface area contributed by atoms with Crippen LogP contribution < -0.4 is 0 Å². The van der Waals surface area contributed by atoms with Crippen molar-refractivity contribution in [2.75, 3.05) is 0 Å². The Labute approximate surface area is 69.1 Å². The van der Waals surface area contributed by atoms with Crippen molar-refractivity contribution in [3.05, 3.63) is 42.3 Å². The predicted molar refractivity (Wildman–Crippen MR) is 42.8 cm³/mol. The summed E-state index contributed by atoms with van der Waals surface area (Å²) in [5.41, 5.74) is 1.75. The SMILES string of the molecule is Fc1ccc(-c2c[c]n[nH]2)cc1. The van der Waals surface area contributed by atoms with Crippen molar-refractivity contribution in [1.29, 1.82) is 0 Å². The zero-order valence-corrected chi connectivity index (χ0v) is 6.21. The molecule has 0 aliphatic rings. The summed E-state index contributed by atoms with van der Waals surface area (Å²) in [6.45, 7) is 0. The van der Waals surface area contributed by atoms with Gasteiger partial charge in [0.05, 0.1) is 5.69 Å². The number of aromatic amines is 1. The van der Waals surface area contributed by atoms with Gasteiger partial charge in [-0.3, -0.25) is 5.10 Å². The Bertz CT molecular complexity index is 351. The first-order valence-corrected chi connectivity index (χ1v) is 3.53. The summed E-state index contributed by atoms with van der Waals surface area (Å²) in [6.07, 6.45) is 2.64. The summed E-state index contributed by atoms with van der Waals surface area (Å²) in [5.74, 6) is -0.234. The Morgan fingerprint density at radius 1 is 1.25 bits per heavy atom. The number of aromatic nitrogens is 2. The lowest BCUT2D eigenvalue weighted by molar-refractivity contribution is 0.628. The average Bonchev–Trinajstić information content (AvgIpc) is 2.58. The highest BCUT2D eigenvalue weighted by molar-refractivity contribution is 5.57. The number of hydrogen-bond donors (Lipinski definition) is 1. The second kappa shape index (κ2) is 2.77. The Hall–Kier alpha value is -1.64. The van der Waals surface area contributed by atoms with Gasteiger partial charge in [0.15, 0.2) is 0 Å². The van der Waals surface area contributed by atoms with Gasteiger partial charge in [-0.05, 0) is 35.9 Å². The number of nitrogens with zero attached hydrogens (tertiary/aromatic N) is 1. The molecule has 2 rings (SSSR count). The van der Waals surface area contributed by atoms with Gasteiger partial charge in [0.1, 0.15) is 12.0 Å². The van der Waals surface area contributed by atoms with E-state index in [9.17, 15) is 4.39 Å². The molecule has 2 nitrogen and oxygen atoms in total. The molecule has 0 aliphatic carbocycles. The fourth-order valence-corrected chi connectivity index (χ4v) is 0.999. The fraction of sp³-hybridized carbons (Fsp3) is 0. The Morgan fingerprint density at radius 2 is 2.00 bits per heavy atom. The molecule has 12 heavy (non-hydrogen) atoms. The Balaban J connectivity index is 2.43. The van der Waals surface area contributed by atoms with Crippen LogP contribution in [0.1, 0.15) is 0 Å². The molecule has 1 aromatic heterocycles. The van der Waals surface area contributed by atoms with E-state index in [1.807, 2.05) is 0 Å². The van der Waals surface area contributed by atoms with E-state index in [1.165, 1.54) is 12.1 Å². The first-order valence-electron chi connectivity index (χ1n) is 3.53. The van der Waals surface area contributed by atoms with E-state index in [2.05, 4.69) is 16.4 Å². The number of benzene rings is 1. The van der Waals surface area contributed by atoms with Crippen molar-refractivity contribution in [2.45, 2.75) is 0 Å². The number of nitrogens with one attached hydrogen (secondary N) is 1. The molecule has 0 aliphatic heterocycles. The zero-order chi connectivity index (χ0) is 8.39. The molecule has 0 unspecified atom stereocenters. The van der Waals surface area contributed by atoms with Crippen molar-refractivity contribution in [1.82, 2.24) is 10.2 Å². The number of halogens is 1. The fourth-order valence-electron chi connectivity index (χ4n) is 0.999. The van der Waals surface area contributed by atoms with E-state index < -0.39 is 0 Å². The zero-order valence-electron chi connectivity index (χ0n) is 6.21. The third-order valence-electron chi connectivity index (χ3n) is 1.61. The van der Waals surface area contributed by atoms with Gasteiger partial charge in [0.2, 0.25) is 0 Å². The quantitative estimate of drug-likeness (QED) is 0.681. The monoisotopic (exact) mass is 161 g/mol. The van der Waals surface area contributed by atoms with Crippen LogP contribution >= 0.6 is 0 Å². The van der Waals surface area contributed by atoms with Gasteiger partial charge in [-0.15, -0.1) is 0 Å². The second-order valence-electron chi connectivity index (χ2n) is 2.42. The number of H-pyrrole nitrogens is 1. The predicted octanol–water partition coefficient (Wildman–Crippen LogP) is 2.02. The first kappa shape index (κ1) is 7.03. The average molecular weight is 161 g/mol. The van der Waals surface area contributed by atoms with Crippen molar-refractivity contribution in [3.8, 4) is 11.3 Å². The molecule has 0 bridgehead atoms. The normalized spacial score (nSPS) is 10.1. The maximum Gasteiger partial charge on any atom is 0.123 e. The molecule has 0 saturated heterocycles. The summed E-state index contributed by atoms with van der Waals surface area (Å²) in [5, 5.41) is 6.42. The van der Waals surface area contributed by atoms with Gasteiger partial charge in [0, 0.05) is 0 Å². The van der Waals surface area contributed by atoms with Crippen molar-refractivity contribution in [2.24, 2.45) is 0 Å². The van der Waals surface area contributed by atoms with Gasteiger partial charge in [-0.1, -0.05) is 0 Å². The highest BCUT2D eigenvalue weighted by Gasteiger charge is 1.97. The van der Waals surface area contributed by atoms with Crippen LogP contribution in [-0.4, -0.2) is 10.2 Å². The van der Waals surface area contributed by atoms with Crippen LogP contribution in [-0.2, 0) is 0 Å². The van der Waals surface area contributed by atoms with Crippen LogP contribution in [0.5, 0.6) is 0 Å². The highest BCUT2D eigenvalue weighted by Crippen LogP contribution is 2.15. The smallest absolute Gasteiger partial charge is 0.123 e. The molecule has 0 saturated carbocycles. The lowest BCUT2D eigenvalue weighted by atomic mass is 10.1. The lowest BCUT2D eigenvalue weighted by Crippen LogP contribution is -1.78. The van der Waals surface area contributed by atoms with E-state index in [-0.39, 0.29) is 5.82 Å². The van der Waals surface area contributed by atoms with Gasteiger partial charge in [-0.25, -0.2) is 4.39 Å². The molecular weight excluding hydrogens is 155 g/mol. The van der Waals surface area contributed by atoms with E-state index in [1.54, 1.807) is 18.2 Å². The Kier molecular flexibility index (Phi) is 1.63. The van der Waals surface area contributed by atoms with Crippen LogP contribution in [0.4, 0.5) is 4.39 Å². The molecule has 0 fully saturated rings. The number of hydrogen-bond acceptors (Lipinski definition) is 1. The molecule has 0 spiro atoms. The molecule has 1 N–H and O–H groups in total. The van der Waals surface area contributed by atoms with Crippen LogP contribution in [0, 0.1) is 12.0 Å². The largest absolute Gasteiger partial charge is 0.277 e.